The summed E-state index contributed by atoms with van der Waals surface area (Å²) in [6.45, 7) is 4.07. The van der Waals surface area contributed by atoms with Gasteiger partial charge in [0, 0.05) is 5.56 Å². The van der Waals surface area contributed by atoms with E-state index >= 15 is 0 Å². The number of rotatable bonds is 2. The van der Waals surface area contributed by atoms with E-state index in [1.54, 1.807) is 4.57 Å². The molecule has 0 aliphatic rings. The zero-order chi connectivity index (χ0) is 17.4. The maximum Gasteiger partial charge on any atom is 0.266 e. The lowest BCUT2D eigenvalue weighted by molar-refractivity contribution is 0.972. The Morgan fingerprint density at radius 3 is 2.24 bits per heavy atom. The molecular weight excluding hydrogens is 308 g/mol. The van der Waals surface area contributed by atoms with E-state index in [0.717, 1.165) is 22.4 Å². The molecule has 0 spiro atoms. The van der Waals surface area contributed by atoms with Gasteiger partial charge < -0.3 is 0 Å². The molecule has 3 heteroatoms. The average Bonchev–Trinajstić information content (AvgIpc) is 2.63. The standard InChI is InChI=1S/C22H18N2O/c1-15-11-13-17(14-12-15)24-21(18-8-4-3-7-16(18)2)23-20-10-6-5-9-19(20)22(24)25/h3-14H,1-2H3. The highest BCUT2D eigenvalue weighted by Crippen LogP contribution is 2.25. The molecule has 0 unspecified atom stereocenters. The molecule has 0 saturated carbocycles. The monoisotopic (exact) mass is 326 g/mol. The first-order valence-corrected chi connectivity index (χ1v) is 8.30. The van der Waals surface area contributed by atoms with Gasteiger partial charge in [0.05, 0.1) is 16.6 Å². The number of fused-ring (bicyclic) bond motifs is 1. The van der Waals surface area contributed by atoms with Crippen LogP contribution in [0, 0.1) is 13.8 Å². The first-order valence-electron chi connectivity index (χ1n) is 8.30. The topological polar surface area (TPSA) is 34.9 Å². The fraction of sp³-hybridized carbons (Fsp3) is 0.0909. The number of aryl methyl sites for hydroxylation is 2. The summed E-state index contributed by atoms with van der Waals surface area (Å²) in [5.74, 6) is 0.672. The highest BCUT2D eigenvalue weighted by Gasteiger charge is 2.15. The Hall–Kier alpha value is -3.20. The lowest BCUT2D eigenvalue weighted by Gasteiger charge is -2.15. The molecule has 0 radical (unpaired) electrons. The molecule has 0 aliphatic heterocycles. The van der Waals surface area contributed by atoms with Gasteiger partial charge in [0.2, 0.25) is 0 Å². The smallest absolute Gasteiger partial charge is 0.266 e. The second kappa shape index (κ2) is 6.02. The number of para-hydroxylation sites is 1. The van der Waals surface area contributed by atoms with Crippen LogP contribution in [0.5, 0.6) is 0 Å². The summed E-state index contributed by atoms with van der Waals surface area (Å²) in [6, 6.07) is 23.5. The molecule has 4 rings (SSSR count). The van der Waals surface area contributed by atoms with E-state index in [9.17, 15) is 4.79 Å². The summed E-state index contributed by atoms with van der Waals surface area (Å²) in [7, 11) is 0. The second-order valence-corrected chi connectivity index (χ2v) is 6.24. The van der Waals surface area contributed by atoms with Crippen LogP contribution < -0.4 is 5.56 Å². The molecule has 0 saturated heterocycles. The third-order valence-corrected chi connectivity index (χ3v) is 4.45. The SMILES string of the molecule is Cc1ccc(-n2c(-c3ccccc3C)nc3ccccc3c2=O)cc1. The first-order chi connectivity index (χ1) is 12.1. The molecule has 1 aromatic heterocycles. The molecule has 0 N–H and O–H groups in total. The van der Waals surface area contributed by atoms with Crippen LogP contribution >= 0.6 is 0 Å². The van der Waals surface area contributed by atoms with E-state index in [4.69, 9.17) is 4.98 Å². The van der Waals surface area contributed by atoms with E-state index in [1.807, 2.05) is 86.6 Å². The summed E-state index contributed by atoms with van der Waals surface area (Å²) in [6.07, 6.45) is 0. The van der Waals surface area contributed by atoms with Crippen LogP contribution in [0.4, 0.5) is 0 Å². The van der Waals surface area contributed by atoms with E-state index in [1.165, 1.54) is 0 Å². The van der Waals surface area contributed by atoms with Crippen LogP contribution in [0.1, 0.15) is 11.1 Å². The summed E-state index contributed by atoms with van der Waals surface area (Å²) < 4.78 is 1.71. The largest absolute Gasteiger partial charge is 0.268 e. The molecule has 0 fully saturated rings. The van der Waals surface area contributed by atoms with Gasteiger partial charge >= 0.3 is 0 Å². The minimum atomic E-state index is -0.0484. The fourth-order valence-corrected chi connectivity index (χ4v) is 3.07. The van der Waals surface area contributed by atoms with Crippen molar-refractivity contribution >= 4 is 10.9 Å². The molecule has 0 amide bonds. The maximum absolute atomic E-state index is 13.2. The molecule has 3 nitrogen and oxygen atoms in total. The van der Waals surface area contributed by atoms with Gasteiger partial charge in [0.25, 0.3) is 5.56 Å². The van der Waals surface area contributed by atoms with Crippen molar-refractivity contribution in [2.24, 2.45) is 0 Å². The highest BCUT2D eigenvalue weighted by atomic mass is 16.1. The zero-order valence-corrected chi connectivity index (χ0v) is 14.2. The molecule has 3 aromatic carbocycles. The van der Waals surface area contributed by atoms with Crippen LogP contribution in [-0.2, 0) is 0 Å². The molecule has 4 aromatic rings. The lowest BCUT2D eigenvalue weighted by atomic mass is 10.1. The van der Waals surface area contributed by atoms with Crippen molar-refractivity contribution < 1.29 is 0 Å². The van der Waals surface area contributed by atoms with Crippen LogP contribution in [-0.4, -0.2) is 9.55 Å². The van der Waals surface area contributed by atoms with Crippen LogP contribution in [0.3, 0.4) is 0 Å². The van der Waals surface area contributed by atoms with Gasteiger partial charge in [-0.15, -0.1) is 0 Å². The summed E-state index contributed by atoms with van der Waals surface area (Å²) in [4.78, 5) is 18.1. The molecule has 0 atom stereocenters. The fourth-order valence-electron chi connectivity index (χ4n) is 3.07. The van der Waals surface area contributed by atoms with Crippen LogP contribution in [0.2, 0.25) is 0 Å². The quantitative estimate of drug-likeness (QED) is 0.536. The van der Waals surface area contributed by atoms with Gasteiger partial charge in [0.15, 0.2) is 0 Å². The summed E-state index contributed by atoms with van der Waals surface area (Å²) >= 11 is 0. The molecular formula is C22H18N2O. The van der Waals surface area contributed by atoms with Gasteiger partial charge in [-0.3, -0.25) is 9.36 Å². The van der Waals surface area contributed by atoms with Crippen LogP contribution in [0.15, 0.2) is 77.6 Å². The highest BCUT2D eigenvalue weighted by molar-refractivity contribution is 5.81. The average molecular weight is 326 g/mol. The summed E-state index contributed by atoms with van der Waals surface area (Å²) in [5, 5.41) is 0.625. The first kappa shape index (κ1) is 15.3. The Labute approximate surface area is 146 Å². The number of hydrogen-bond acceptors (Lipinski definition) is 2. The van der Waals surface area contributed by atoms with Gasteiger partial charge in [0.1, 0.15) is 5.82 Å². The van der Waals surface area contributed by atoms with E-state index in [-0.39, 0.29) is 5.56 Å². The van der Waals surface area contributed by atoms with E-state index in [2.05, 4.69) is 0 Å². The lowest BCUT2D eigenvalue weighted by Crippen LogP contribution is -2.22. The minimum Gasteiger partial charge on any atom is -0.268 e. The summed E-state index contributed by atoms with van der Waals surface area (Å²) in [5.41, 5.74) is 4.70. The Morgan fingerprint density at radius 2 is 1.48 bits per heavy atom. The Kier molecular flexibility index (Phi) is 3.69. The third kappa shape index (κ3) is 2.64. The number of nitrogens with zero attached hydrogens (tertiary/aromatic N) is 2. The van der Waals surface area contributed by atoms with Crippen molar-refractivity contribution in [2.75, 3.05) is 0 Å². The second-order valence-electron chi connectivity index (χ2n) is 6.24. The molecule has 0 bridgehead atoms. The van der Waals surface area contributed by atoms with Crippen molar-refractivity contribution in [2.45, 2.75) is 13.8 Å². The van der Waals surface area contributed by atoms with Crippen molar-refractivity contribution in [3.63, 3.8) is 0 Å². The van der Waals surface area contributed by atoms with Crippen molar-refractivity contribution in [1.82, 2.24) is 9.55 Å². The van der Waals surface area contributed by atoms with E-state index in [0.29, 0.717) is 16.7 Å². The van der Waals surface area contributed by atoms with Crippen molar-refractivity contribution in [1.29, 1.82) is 0 Å². The predicted molar refractivity (Wildman–Crippen MR) is 102 cm³/mol. The third-order valence-electron chi connectivity index (χ3n) is 4.45. The Balaban J connectivity index is 2.13. The van der Waals surface area contributed by atoms with Gasteiger partial charge in [-0.1, -0.05) is 54.1 Å². The Bertz CT molecular complexity index is 1120. The van der Waals surface area contributed by atoms with Gasteiger partial charge in [-0.25, -0.2) is 4.98 Å². The van der Waals surface area contributed by atoms with E-state index < -0.39 is 0 Å². The molecule has 25 heavy (non-hydrogen) atoms. The molecule has 122 valence electrons. The van der Waals surface area contributed by atoms with Crippen LogP contribution in [0.25, 0.3) is 28.0 Å². The Morgan fingerprint density at radius 1 is 0.800 bits per heavy atom. The number of benzene rings is 3. The maximum atomic E-state index is 13.2. The van der Waals surface area contributed by atoms with Gasteiger partial charge in [-0.2, -0.15) is 0 Å². The van der Waals surface area contributed by atoms with Crippen molar-refractivity contribution in [3.8, 4) is 17.1 Å². The normalized spacial score (nSPS) is 11.0. The zero-order valence-electron chi connectivity index (χ0n) is 14.2. The number of aromatic nitrogens is 2. The van der Waals surface area contributed by atoms with Crippen molar-refractivity contribution in [3.05, 3.63) is 94.3 Å². The molecule has 1 heterocycles. The minimum absolute atomic E-state index is 0.0484. The van der Waals surface area contributed by atoms with Gasteiger partial charge in [-0.05, 0) is 43.7 Å². The predicted octanol–water partition coefficient (Wildman–Crippen LogP) is 4.67. The molecule has 0 aliphatic carbocycles. The number of hydrogen-bond donors (Lipinski definition) is 0.